The highest BCUT2D eigenvalue weighted by Crippen LogP contribution is 2.15. The Balaban J connectivity index is 2.94. The smallest absolute Gasteiger partial charge is 0.194 e. The summed E-state index contributed by atoms with van der Waals surface area (Å²) in [5.74, 6) is -0.0349. The van der Waals surface area contributed by atoms with Gasteiger partial charge < -0.3 is 5.32 Å². The molecule has 0 aromatic carbocycles. The van der Waals surface area contributed by atoms with Gasteiger partial charge in [-0.3, -0.25) is 4.79 Å². The summed E-state index contributed by atoms with van der Waals surface area (Å²) in [5, 5.41) is 17.3. The molecule has 0 fully saturated rings. The van der Waals surface area contributed by atoms with Gasteiger partial charge in [0.05, 0.1) is 6.54 Å². The molecular weight excluding hydrogens is 278 g/mol. The number of carbonyl (C=O) groups is 1. The van der Waals surface area contributed by atoms with Crippen LogP contribution in [-0.4, -0.2) is 43.3 Å². The maximum Gasteiger partial charge on any atom is 0.194 e. The first-order valence-electron chi connectivity index (χ1n) is 7.93. The highest BCUT2D eigenvalue weighted by Gasteiger charge is 2.17. The second-order valence-electron chi connectivity index (χ2n) is 5.05. The maximum atomic E-state index is 12.0. The first-order chi connectivity index (χ1) is 10.7. The van der Waals surface area contributed by atoms with Crippen molar-refractivity contribution in [2.75, 3.05) is 26.8 Å². The van der Waals surface area contributed by atoms with E-state index in [4.69, 9.17) is 0 Å². The Morgan fingerprint density at radius 3 is 2.82 bits per heavy atom. The minimum Gasteiger partial charge on any atom is -0.313 e. The third-order valence-corrected chi connectivity index (χ3v) is 3.15. The lowest BCUT2D eigenvalue weighted by atomic mass is 10.2. The molecule has 0 radical (unpaired) electrons. The molecule has 1 aliphatic rings. The van der Waals surface area contributed by atoms with Crippen LogP contribution in [0.5, 0.6) is 0 Å². The van der Waals surface area contributed by atoms with Gasteiger partial charge in [-0.1, -0.05) is 38.5 Å². The first-order valence-corrected chi connectivity index (χ1v) is 7.93. The molecule has 1 rings (SSSR count). The fourth-order valence-corrected chi connectivity index (χ4v) is 1.97. The van der Waals surface area contributed by atoms with E-state index in [1.165, 1.54) is 0 Å². The molecule has 0 aromatic heterocycles. The summed E-state index contributed by atoms with van der Waals surface area (Å²) in [7, 11) is 1.75. The average Bonchev–Trinajstić information content (AvgIpc) is 2.77. The van der Waals surface area contributed by atoms with Crippen molar-refractivity contribution in [3.8, 4) is 0 Å². The number of unbranched alkanes of at least 4 members (excludes halogenated alkanes) is 1. The Bertz CT molecular complexity index is 465. The SMILES string of the molecule is CC/C=C\C/C(=C\CCC)N1CN=NCC(C(=O)CNC)=N1. The van der Waals surface area contributed by atoms with Crippen LogP contribution >= 0.6 is 0 Å². The van der Waals surface area contributed by atoms with Crippen LogP contribution in [0.15, 0.2) is 39.3 Å². The molecule has 0 saturated carbocycles. The molecule has 6 nitrogen and oxygen atoms in total. The van der Waals surface area contributed by atoms with Crippen molar-refractivity contribution < 1.29 is 4.79 Å². The molecule has 6 heteroatoms. The topological polar surface area (TPSA) is 69.4 Å². The van der Waals surface area contributed by atoms with Crippen LogP contribution in [0, 0.1) is 0 Å². The average molecular weight is 305 g/mol. The molecule has 0 aromatic rings. The zero-order valence-corrected chi connectivity index (χ0v) is 13.9. The van der Waals surface area contributed by atoms with Crippen molar-refractivity contribution in [3.05, 3.63) is 23.9 Å². The van der Waals surface area contributed by atoms with E-state index in [1.54, 1.807) is 12.1 Å². The zero-order chi connectivity index (χ0) is 16.2. The van der Waals surface area contributed by atoms with Crippen molar-refractivity contribution in [1.29, 1.82) is 0 Å². The van der Waals surface area contributed by atoms with Crippen LogP contribution < -0.4 is 5.32 Å². The van der Waals surface area contributed by atoms with E-state index in [0.717, 1.165) is 31.4 Å². The van der Waals surface area contributed by atoms with Gasteiger partial charge in [0.1, 0.15) is 12.3 Å². The molecule has 0 unspecified atom stereocenters. The zero-order valence-electron chi connectivity index (χ0n) is 13.9. The summed E-state index contributed by atoms with van der Waals surface area (Å²) in [6.45, 7) is 5.14. The summed E-state index contributed by atoms with van der Waals surface area (Å²) in [5.41, 5.74) is 1.53. The number of likely N-dealkylation sites (N-methyl/N-ethyl adjacent to an activating group) is 1. The molecule has 0 amide bonds. The standard InChI is InChI=1S/C16H27N5O/c1-4-6-8-10-14(9-7-5-2)21-13-19-18-11-15(20-21)16(22)12-17-3/h6,8-9,17H,4-5,7,10-13H2,1-3H3/b8-6-,14-9+. The van der Waals surface area contributed by atoms with E-state index < -0.39 is 0 Å². The third-order valence-electron chi connectivity index (χ3n) is 3.15. The van der Waals surface area contributed by atoms with Crippen molar-refractivity contribution >= 4 is 11.5 Å². The molecule has 0 saturated heterocycles. The fourth-order valence-electron chi connectivity index (χ4n) is 1.97. The molecular formula is C16H27N5O. The third kappa shape index (κ3) is 6.30. The number of azo groups is 1. The molecule has 1 N–H and O–H groups in total. The quantitative estimate of drug-likeness (QED) is 0.666. The monoisotopic (exact) mass is 305 g/mol. The Hall–Kier alpha value is -1.82. The van der Waals surface area contributed by atoms with Crippen LogP contribution in [0.4, 0.5) is 0 Å². The van der Waals surface area contributed by atoms with Crippen LogP contribution in [0.1, 0.15) is 39.5 Å². The van der Waals surface area contributed by atoms with E-state index in [1.807, 2.05) is 0 Å². The van der Waals surface area contributed by atoms with E-state index in [0.29, 0.717) is 12.4 Å². The van der Waals surface area contributed by atoms with Crippen molar-refractivity contribution in [1.82, 2.24) is 10.3 Å². The minimum absolute atomic E-state index is 0.0349. The summed E-state index contributed by atoms with van der Waals surface area (Å²) >= 11 is 0. The van der Waals surface area contributed by atoms with Gasteiger partial charge in [0.15, 0.2) is 12.5 Å². The molecule has 1 aliphatic heterocycles. The molecule has 0 bridgehead atoms. The number of nitrogens with one attached hydrogen (secondary N) is 1. The lowest BCUT2D eigenvalue weighted by Gasteiger charge is -2.19. The lowest BCUT2D eigenvalue weighted by molar-refractivity contribution is -0.112. The van der Waals surface area contributed by atoms with Gasteiger partial charge in [-0.2, -0.15) is 15.3 Å². The number of ketones is 1. The number of allylic oxidation sites excluding steroid dienone is 3. The van der Waals surface area contributed by atoms with Crippen LogP contribution in [0.2, 0.25) is 0 Å². The number of Topliss-reactive ketones (excluding diaryl/α,β-unsaturated/α-hetero) is 1. The summed E-state index contributed by atoms with van der Waals surface area (Å²) in [4.78, 5) is 12.0. The van der Waals surface area contributed by atoms with Gasteiger partial charge >= 0.3 is 0 Å². The Morgan fingerprint density at radius 1 is 1.32 bits per heavy atom. The van der Waals surface area contributed by atoms with E-state index in [9.17, 15) is 4.79 Å². The molecule has 22 heavy (non-hydrogen) atoms. The second kappa shape index (κ2) is 10.8. The number of nitrogens with zero attached hydrogens (tertiary/aromatic N) is 4. The summed E-state index contributed by atoms with van der Waals surface area (Å²) in [6.07, 6.45) is 10.3. The second-order valence-corrected chi connectivity index (χ2v) is 5.05. The van der Waals surface area contributed by atoms with E-state index in [-0.39, 0.29) is 18.9 Å². The maximum absolute atomic E-state index is 12.0. The van der Waals surface area contributed by atoms with Gasteiger partial charge in [-0.25, -0.2) is 5.01 Å². The Labute approximate surface area is 133 Å². The van der Waals surface area contributed by atoms with E-state index >= 15 is 0 Å². The summed E-state index contributed by atoms with van der Waals surface area (Å²) < 4.78 is 0. The molecule has 122 valence electrons. The predicted molar refractivity (Wildman–Crippen MR) is 89.8 cm³/mol. The van der Waals surface area contributed by atoms with Gasteiger partial charge in [-0.15, -0.1) is 0 Å². The normalized spacial score (nSPS) is 16.0. The van der Waals surface area contributed by atoms with E-state index in [2.05, 4.69) is 52.7 Å². The van der Waals surface area contributed by atoms with Crippen LogP contribution in [-0.2, 0) is 4.79 Å². The van der Waals surface area contributed by atoms with Crippen molar-refractivity contribution in [2.24, 2.45) is 15.3 Å². The highest BCUT2D eigenvalue weighted by atomic mass is 16.1. The van der Waals surface area contributed by atoms with Gasteiger partial charge in [0, 0.05) is 12.1 Å². The van der Waals surface area contributed by atoms with Crippen LogP contribution in [0.25, 0.3) is 0 Å². The van der Waals surface area contributed by atoms with Crippen LogP contribution in [0.3, 0.4) is 0 Å². The molecule has 0 spiro atoms. The highest BCUT2D eigenvalue weighted by molar-refractivity contribution is 6.41. The lowest BCUT2D eigenvalue weighted by Crippen LogP contribution is -2.30. The number of hydrogen-bond acceptors (Lipinski definition) is 6. The van der Waals surface area contributed by atoms with Crippen molar-refractivity contribution in [3.63, 3.8) is 0 Å². The molecule has 0 aliphatic carbocycles. The number of rotatable bonds is 9. The Morgan fingerprint density at radius 2 is 2.14 bits per heavy atom. The minimum atomic E-state index is -0.0349. The fraction of sp³-hybridized carbons (Fsp3) is 0.625. The molecule has 1 heterocycles. The number of hydrogen-bond donors (Lipinski definition) is 1. The number of carbonyl (C=O) groups excluding carboxylic acids is 1. The number of hydrazone groups is 1. The van der Waals surface area contributed by atoms with Gasteiger partial charge in [0.2, 0.25) is 0 Å². The largest absolute Gasteiger partial charge is 0.313 e. The first kappa shape index (κ1) is 18.2. The predicted octanol–water partition coefficient (Wildman–Crippen LogP) is 2.90. The van der Waals surface area contributed by atoms with Gasteiger partial charge in [0.25, 0.3) is 0 Å². The van der Waals surface area contributed by atoms with Gasteiger partial charge in [-0.05, 0) is 19.9 Å². The summed E-state index contributed by atoms with van der Waals surface area (Å²) in [6, 6.07) is 0. The molecule has 0 atom stereocenters. The van der Waals surface area contributed by atoms with Crippen molar-refractivity contribution in [2.45, 2.75) is 39.5 Å². The Kier molecular flexibility index (Phi) is 8.98.